The van der Waals surface area contributed by atoms with E-state index in [4.69, 9.17) is 5.73 Å². The molecule has 17 heavy (non-hydrogen) atoms. The quantitative estimate of drug-likeness (QED) is 0.761. The van der Waals surface area contributed by atoms with Crippen LogP contribution in [0.5, 0.6) is 0 Å². The minimum absolute atomic E-state index is 0.136. The van der Waals surface area contributed by atoms with Crippen LogP contribution in [0.4, 0.5) is 0 Å². The largest absolute Gasteiger partial charge is 0.338 e. The van der Waals surface area contributed by atoms with Crippen molar-refractivity contribution in [2.75, 3.05) is 6.54 Å². The predicted octanol–water partition coefficient (Wildman–Crippen LogP) is 2.15. The third-order valence-electron chi connectivity index (χ3n) is 4.48. The maximum atomic E-state index is 12.5. The van der Waals surface area contributed by atoms with Gasteiger partial charge < -0.3 is 10.6 Å². The molecule has 0 aromatic heterocycles. The van der Waals surface area contributed by atoms with Gasteiger partial charge in [0.1, 0.15) is 0 Å². The highest BCUT2D eigenvalue weighted by atomic mass is 16.2. The molecule has 1 heterocycles. The van der Waals surface area contributed by atoms with Crippen LogP contribution in [0.2, 0.25) is 0 Å². The highest BCUT2D eigenvalue weighted by Crippen LogP contribution is 2.37. The number of amides is 1. The second-order valence-electron chi connectivity index (χ2n) is 6.78. The summed E-state index contributed by atoms with van der Waals surface area (Å²) in [5, 5.41) is 0. The van der Waals surface area contributed by atoms with E-state index in [-0.39, 0.29) is 17.4 Å². The Hall–Kier alpha value is -0.570. The van der Waals surface area contributed by atoms with Crippen LogP contribution in [0.1, 0.15) is 52.9 Å². The van der Waals surface area contributed by atoms with Gasteiger partial charge in [-0.3, -0.25) is 4.79 Å². The van der Waals surface area contributed by atoms with Crippen molar-refractivity contribution >= 4 is 5.91 Å². The number of nitrogens with two attached hydrogens (primary N) is 1. The second kappa shape index (κ2) is 4.60. The van der Waals surface area contributed by atoms with E-state index in [9.17, 15) is 4.79 Å². The Morgan fingerprint density at radius 1 is 1.24 bits per heavy atom. The first kappa shape index (κ1) is 12.9. The van der Waals surface area contributed by atoms with Crippen molar-refractivity contribution in [3.63, 3.8) is 0 Å². The van der Waals surface area contributed by atoms with Gasteiger partial charge in [-0.2, -0.15) is 0 Å². The van der Waals surface area contributed by atoms with Crippen LogP contribution in [0.3, 0.4) is 0 Å². The van der Waals surface area contributed by atoms with Crippen molar-refractivity contribution in [2.45, 2.75) is 65.0 Å². The number of rotatable bonds is 1. The number of fused-ring (bicyclic) bond motifs is 1. The molecule has 0 bridgehead atoms. The van der Waals surface area contributed by atoms with E-state index in [0.29, 0.717) is 6.04 Å². The fraction of sp³-hybridized carbons (Fsp3) is 0.929. The van der Waals surface area contributed by atoms with Gasteiger partial charge in [-0.1, -0.05) is 27.2 Å². The standard InChI is InChI=1S/C14H26N2O/c1-14(2,3)12(15)13(17)16-9-5-7-10-6-4-8-11(10)16/h10-12H,4-9,15H2,1-3H3/t10?,11?,12-/m0/s1. The lowest BCUT2D eigenvalue weighted by Crippen LogP contribution is -2.55. The summed E-state index contributed by atoms with van der Waals surface area (Å²) in [6.07, 6.45) is 6.24. The summed E-state index contributed by atoms with van der Waals surface area (Å²) in [6.45, 7) is 7.06. The summed E-state index contributed by atoms with van der Waals surface area (Å²) in [5.41, 5.74) is 5.98. The van der Waals surface area contributed by atoms with E-state index in [0.717, 1.165) is 18.9 Å². The molecule has 2 aliphatic rings. The summed E-state index contributed by atoms with van der Waals surface area (Å²) in [5.74, 6) is 0.925. The fourth-order valence-corrected chi connectivity index (χ4v) is 3.28. The fourth-order valence-electron chi connectivity index (χ4n) is 3.28. The number of carbonyl (C=O) groups excluding carboxylic acids is 1. The van der Waals surface area contributed by atoms with Crippen LogP contribution in [-0.4, -0.2) is 29.4 Å². The molecule has 1 amide bonds. The smallest absolute Gasteiger partial charge is 0.240 e. The number of likely N-dealkylation sites (tertiary alicyclic amines) is 1. The van der Waals surface area contributed by atoms with Gasteiger partial charge in [-0.25, -0.2) is 0 Å². The number of carbonyl (C=O) groups is 1. The zero-order valence-corrected chi connectivity index (χ0v) is 11.4. The van der Waals surface area contributed by atoms with Crippen molar-refractivity contribution in [2.24, 2.45) is 17.1 Å². The van der Waals surface area contributed by atoms with E-state index in [1.54, 1.807) is 0 Å². The van der Waals surface area contributed by atoms with Crippen LogP contribution in [0.15, 0.2) is 0 Å². The van der Waals surface area contributed by atoms with E-state index in [1.807, 2.05) is 20.8 Å². The minimum Gasteiger partial charge on any atom is -0.338 e. The van der Waals surface area contributed by atoms with Crippen LogP contribution < -0.4 is 5.73 Å². The van der Waals surface area contributed by atoms with E-state index >= 15 is 0 Å². The third kappa shape index (κ3) is 2.49. The minimum atomic E-state index is -0.359. The van der Waals surface area contributed by atoms with E-state index in [2.05, 4.69) is 4.90 Å². The lowest BCUT2D eigenvalue weighted by molar-refractivity contribution is -0.139. The molecular weight excluding hydrogens is 212 g/mol. The number of hydrogen-bond donors (Lipinski definition) is 1. The van der Waals surface area contributed by atoms with E-state index in [1.165, 1.54) is 25.7 Å². The van der Waals surface area contributed by atoms with Crippen molar-refractivity contribution in [3.8, 4) is 0 Å². The molecule has 0 spiro atoms. The topological polar surface area (TPSA) is 46.3 Å². The van der Waals surface area contributed by atoms with Gasteiger partial charge in [0.25, 0.3) is 0 Å². The summed E-state index contributed by atoms with van der Waals surface area (Å²) in [6, 6.07) is 0.131. The number of nitrogens with zero attached hydrogens (tertiary/aromatic N) is 1. The van der Waals surface area contributed by atoms with Gasteiger partial charge in [-0.05, 0) is 37.0 Å². The molecule has 3 heteroatoms. The molecule has 1 aliphatic heterocycles. The molecule has 2 fully saturated rings. The lowest BCUT2D eigenvalue weighted by Gasteiger charge is -2.41. The van der Waals surface area contributed by atoms with Crippen LogP contribution in [0.25, 0.3) is 0 Å². The molecule has 0 aromatic rings. The van der Waals surface area contributed by atoms with Crippen LogP contribution in [0, 0.1) is 11.3 Å². The van der Waals surface area contributed by atoms with Crippen molar-refractivity contribution in [1.29, 1.82) is 0 Å². The Morgan fingerprint density at radius 3 is 2.53 bits per heavy atom. The molecule has 2 rings (SSSR count). The maximum Gasteiger partial charge on any atom is 0.240 e. The monoisotopic (exact) mass is 238 g/mol. The molecule has 3 nitrogen and oxygen atoms in total. The Morgan fingerprint density at radius 2 is 1.88 bits per heavy atom. The van der Waals surface area contributed by atoms with E-state index < -0.39 is 0 Å². The number of piperidine rings is 1. The highest BCUT2D eigenvalue weighted by Gasteiger charge is 2.40. The maximum absolute atomic E-state index is 12.5. The first-order valence-corrected chi connectivity index (χ1v) is 6.97. The Labute approximate surface area is 105 Å². The molecule has 0 aromatic carbocycles. The van der Waals surface area contributed by atoms with Crippen molar-refractivity contribution in [3.05, 3.63) is 0 Å². The molecule has 1 saturated carbocycles. The molecule has 2 N–H and O–H groups in total. The zero-order valence-electron chi connectivity index (χ0n) is 11.4. The van der Waals surface area contributed by atoms with Crippen molar-refractivity contribution < 1.29 is 4.79 Å². The number of hydrogen-bond acceptors (Lipinski definition) is 2. The Kier molecular flexibility index (Phi) is 3.48. The normalized spacial score (nSPS) is 31.2. The molecule has 3 atom stereocenters. The molecule has 98 valence electrons. The predicted molar refractivity (Wildman–Crippen MR) is 69.5 cm³/mol. The molecule has 1 saturated heterocycles. The summed E-state index contributed by atoms with van der Waals surface area (Å²) in [7, 11) is 0. The average molecular weight is 238 g/mol. The summed E-state index contributed by atoms with van der Waals surface area (Å²) in [4.78, 5) is 14.6. The van der Waals surface area contributed by atoms with Crippen LogP contribution in [-0.2, 0) is 4.79 Å². The lowest BCUT2D eigenvalue weighted by atomic mass is 9.84. The third-order valence-corrected chi connectivity index (χ3v) is 4.48. The van der Waals surface area contributed by atoms with Gasteiger partial charge in [0.15, 0.2) is 0 Å². The van der Waals surface area contributed by atoms with Gasteiger partial charge in [0.2, 0.25) is 5.91 Å². The van der Waals surface area contributed by atoms with Gasteiger partial charge in [-0.15, -0.1) is 0 Å². The molecular formula is C14H26N2O. The molecule has 1 aliphatic carbocycles. The second-order valence-corrected chi connectivity index (χ2v) is 6.78. The average Bonchev–Trinajstić information content (AvgIpc) is 2.73. The Bertz CT molecular complexity index is 295. The van der Waals surface area contributed by atoms with Gasteiger partial charge in [0.05, 0.1) is 6.04 Å². The molecule has 0 radical (unpaired) electrons. The van der Waals surface area contributed by atoms with Crippen molar-refractivity contribution in [1.82, 2.24) is 4.90 Å². The highest BCUT2D eigenvalue weighted by molar-refractivity contribution is 5.83. The van der Waals surface area contributed by atoms with Crippen LogP contribution >= 0.6 is 0 Å². The summed E-state index contributed by atoms with van der Waals surface area (Å²) < 4.78 is 0. The Balaban J connectivity index is 2.08. The SMILES string of the molecule is CC(C)(C)[C@@H](N)C(=O)N1CCCC2CCCC21. The first-order valence-electron chi connectivity index (χ1n) is 6.97. The van der Waals surface area contributed by atoms with Gasteiger partial charge >= 0.3 is 0 Å². The van der Waals surface area contributed by atoms with Gasteiger partial charge in [0, 0.05) is 12.6 Å². The first-order chi connectivity index (χ1) is 7.91. The zero-order chi connectivity index (χ0) is 12.6. The summed E-state index contributed by atoms with van der Waals surface area (Å²) >= 11 is 0. The molecule has 2 unspecified atom stereocenters.